The van der Waals surface area contributed by atoms with E-state index in [9.17, 15) is 4.79 Å². The average molecular weight is 301 g/mol. The van der Waals surface area contributed by atoms with Crippen LogP contribution in [0.25, 0.3) is 0 Å². The molecule has 1 aromatic rings. The highest BCUT2D eigenvalue weighted by atomic mass is 16.2. The number of hydrogen-bond donors (Lipinski definition) is 2. The van der Waals surface area contributed by atoms with Crippen molar-refractivity contribution in [1.29, 1.82) is 0 Å². The van der Waals surface area contributed by atoms with Crippen LogP contribution in [0.2, 0.25) is 0 Å². The Morgan fingerprint density at radius 3 is 2.55 bits per heavy atom. The molecule has 2 fully saturated rings. The second-order valence-corrected chi connectivity index (χ2v) is 8.08. The molecule has 2 unspecified atom stereocenters. The van der Waals surface area contributed by atoms with Gasteiger partial charge in [0.25, 0.3) is 0 Å². The fraction of sp³-hybridized carbons (Fsp3) is 0.611. The molecule has 4 heteroatoms. The lowest BCUT2D eigenvalue weighted by atomic mass is 9.68. The molecule has 0 radical (unpaired) electrons. The van der Waals surface area contributed by atoms with Crippen LogP contribution in [0, 0.1) is 25.2 Å². The fourth-order valence-electron chi connectivity index (χ4n) is 4.35. The second-order valence-electron chi connectivity index (χ2n) is 8.08. The van der Waals surface area contributed by atoms with Crippen LogP contribution in [0.5, 0.6) is 0 Å². The van der Waals surface area contributed by atoms with Gasteiger partial charge in [-0.3, -0.25) is 0 Å². The molecule has 3 rings (SSSR count). The van der Waals surface area contributed by atoms with E-state index in [1.807, 2.05) is 6.07 Å². The summed E-state index contributed by atoms with van der Waals surface area (Å²) in [6, 6.07) is 6.09. The van der Waals surface area contributed by atoms with Gasteiger partial charge in [0.2, 0.25) is 0 Å². The van der Waals surface area contributed by atoms with Crippen LogP contribution in [0.3, 0.4) is 0 Å². The van der Waals surface area contributed by atoms with E-state index >= 15 is 0 Å². The van der Waals surface area contributed by atoms with Crippen LogP contribution in [-0.4, -0.2) is 11.7 Å². The van der Waals surface area contributed by atoms with Crippen LogP contribution >= 0.6 is 0 Å². The van der Waals surface area contributed by atoms with Crippen molar-refractivity contribution < 1.29 is 4.79 Å². The zero-order valence-corrected chi connectivity index (χ0v) is 14.3. The van der Waals surface area contributed by atoms with E-state index in [1.165, 1.54) is 17.5 Å². The first-order chi connectivity index (χ1) is 10.2. The van der Waals surface area contributed by atoms with Gasteiger partial charge in [-0.25, -0.2) is 15.2 Å². The van der Waals surface area contributed by atoms with Gasteiger partial charge in [-0.1, -0.05) is 26.8 Å². The highest BCUT2D eigenvalue weighted by Crippen LogP contribution is 2.44. The SMILES string of the molecule is Cc1ccc(N2NC3(CC(C)CC(C)(C)C3)NC2=O)cc1C. The quantitative estimate of drug-likeness (QED) is 0.827. The second kappa shape index (κ2) is 4.98. The molecule has 2 atom stereocenters. The number of nitrogens with one attached hydrogen (secondary N) is 2. The van der Waals surface area contributed by atoms with E-state index in [4.69, 9.17) is 0 Å². The monoisotopic (exact) mass is 301 g/mol. The lowest BCUT2D eigenvalue weighted by molar-refractivity contribution is 0.0812. The number of carbonyl (C=O) groups excluding carboxylic acids is 1. The molecule has 4 nitrogen and oxygen atoms in total. The topological polar surface area (TPSA) is 44.4 Å². The summed E-state index contributed by atoms with van der Waals surface area (Å²) in [4.78, 5) is 12.5. The van der Waals surface area contributed by atoms with Crippen LogP contribution in [-0.2, 0) is 0 Å². The number of rotatable bonds is 1. The van der Waals surface area contributed by atoms with Crippen molar-refractivity contribution in [2.45, 2.75) is 59.5 Å². The molecule has 1 heterocycles. The first kappa shape index (κ1) is 15.3. The van der Waals surface area contributed by atoms with Crippen molar-refractivity contribution in [3.8, 4) is 0 Å². The molecule has 0 bridgehead atoms. The largest absolute Gasteiger partial charge is 0.338 e. The predicted octanol–water partition coefficient (Wildman–Crippen LogP) is 3.88. The molecule has 1 aromatic carbocycles. The Morgan fingerprint density at radius 1 is 1.18 bits per heavy atom. The minimum atomic E-state index is -0.308. The van der Waals surface area contributed by atoms with Crippen molar-refractivity contribution >= 4 is 11.7 Å². The summed E-state index contributed by atoms with van der Waals surface area (Å²) in [6.45, 7) is 11.0. The minimum absolute atomic E-state index is 0.0480. The van der Waals surface area contributed by atoms with Crippen LogP contribution in [0.4, 0.5) is 10.5 Å². The maximum atomic E-state index is 12.5. The van der Waals surface area contributed by atoms with Crippen LogP contribution in [0.1, 0.15) is 51.2 Å². The standard InChI is InChI=1S/C18H27N3O/c1-12-9-17(4,5)11-18(10-12)19-16(22)21(20-18)15-7-6-13(2)14(3)8-15/h6-8,12,20H,9-11H2,1-5H3,(H,19,22). The molecule has 1 spiro atoms. The van der Waals surface area contributed by atoms with Gasteiger partial charge in [-0.05, 0) is 67.7 Å². The zero-order chi connectivity index (χ0) is 16.1. The smallest absolute Gasteiger partial charge is 0.317 e. The van der Waals surface area contributed by atoms with Crippen LogP contribution in [0.15, 0.2) is 18.2 Å². The van der Waals surface area contributed by atoms with E-state index in [0.717, 1.165) is 18.5 Å². The average Bonchev–Trinajstić information content (AvgIpc) is 2.66. The number of hydrazine groups is 1. The van der Waals surface area contributed by atoms with E-state index in [0.29, 0.717) is 5.92 Å². The number of urea groups is 1. The molecule has 0 aromatic heterocycles. The third-order valence-electron chi connectivity index (χ3n) is 5.00. The maximum absolute atomic E-state index is 12.5. The van der Waals surface area contributed by atoms with E-state index in [1.54, 1.807) is 5.01 Å². The Balaban J connectivity index is 1.88. The maximum Gasteiger partial charge on any atom is 0.338 e. The number of amides is 2. The number of aryl methyl sites for hydroxylation is 2. The molecule has 2 amide bonds. The van der Waals surface area contributed by atoms with Crippen molar-refractivity contribution in [3.05, 3.63) is 29.3 Å². The van der Waals surface area contributed by atoms with Gasteiger partial charge >= 0.3 is 6.03 Å². The molecule has 120 valence electrons. The Morgan fingerprint density at radius 2 is 1.91 bits per heavy atom. The summed E-state index contributed by atoms with van der Waals surface area (Å²) < 4.78 is 0. The molecule has 22 heavy (non-hydrogen) atoms. The molecular weight excluding hydrogens is 274 g/mol. The van der Waals surface area contributed by atoms with Gasteiger partial charge < -0.3 is 5.32 Å². The third-order valence-corrected chi connectivity index (χ3v) is 5.00. The van der Waals surface area contributed by atoms with Gasteiger partial charge in [-0.2, -0.15) is 0 Å². The number of hydrogen-bond acceptors (Lipinski definition) is 2. The van der Waals surface area contributed by atoms with Gasteiger partial charge in [0.15, 0.2) is 0 Å². The van der Waals surface area contributed by atoms with Gasteiger partial charge in [-0.15, -0.1) is 0 Å². The van der Waals surface area contributed by atoms with E-state index in [2.05, 4.69) is 57.5 Å². The summed E-state index contributed by atoms with van der Waals surface area (Å²) >= 11 is 0. The number of carbonyl (C=O) groups is 1. The van der Waals surface area contributed by atoms with Crippen molar-refractivity contribution in [3.63, 3.8) is 0 Å². The molecule has 1 saturated carbocycles. The van der Waals surface area contributed by atoms with Crippen molar-refractivity contribution in [2.75, 3.05) is 5.01 Å². The Kier molecular flexibility index (Phi) is 3.48. The summed E-state index contributed by atoms with van der Waals surface area (Å²) in [7, 11) is 0. The highest BCUT2D eigenvalue weighted by Gasteiger charge is 2.49. The molecule has 1 saturated heterocycles. The minimum Gasteiger partial charge on any atom is -0.317 e. The summed E-state index contributed by atoms with van der Waals surface area (Å²) in [5.41, 5.74) is 6.75. The fourth-order valence-corrected chi connectivity index (χ4v) is 4.35. The lowest BCUT2D eigenvalue weighted by Gasteiger charge is -2.45. The van der Waals surface area contributed by atoms with Gasteiger partial charge in [0.05, 0.1) is 5.69 Å². The molecular formula is C18H27N3O. The lowest BCUT2D eigenvalue weighted by Crippen LogP contribution is -2.57. The Bertz CT molecular complexity index is 610. The molecule has 2 N–H and O–H groups in total. The van der Waals surface area contributed by atoms with Gasteiger partial charge in [0.1, 0.15) is 5.66 Å². The van der Waals surface area contributed by atoms with E-state index < -0.39 is 0 Å². The number of anilines is 1. The normalized spacial score (nSPS) is 30.7. The van der Waals surface area contributed by atoms with Crippen molar-refractivity contribution in [2.24, 2.45) is 11.3 Å². The third kappa shape index (κ3) is 2.72. The summed E-state index contributed by atoms with van der Waals surface area (Å²) in [5, 5.41) is 4.89. The van der Waals surface area contributed by atoms with Crippen molar-refractivity contribution in [1.82, 2.24) is 10.7 Å². The summed E-state index contributed by atoms with van der Waals surface area (Å²) in [5.74, 6) is 0.594. The summed E-state index contributed by atoms with van der Waals surface area (Å²) in [6.07, 6.45) is 3.14. The Hall–Kier alpha value is -1.55. The molecule has 1 aliphatic heterocycles. The zero-order valence-electron chi connectivity index (χ0n) is 14.3. The number of nitrogens with zero attached hydrogens (tertiary/aromatic N) is 1. The first-order valence-electron chi connectivity index (χ1n) is 8.17. The van der Waals surface area contributed by atoms with E-state index in [-0.39, 0.29) is 17.1 Å². The predicted molar refractivity (Wildman–Crippen MR) is 89.6 cm³/mol. The van der Waals surface area contributed by atoms with Crippen LogP contribution < -0.4 is 15.8 Å². The molecule has 1 aliphatic carbocycles. The molecule has 2 aliphatic rings. The first-order valence-corrected chi connectivity index (χ1v) is 8.17. The number of benzene rings is 1. The van der Waals surface area contributed by atoms with Gasteiger partial charge in [0, 0.05) is 0 Å². The Labute approximate surface area is 133 Å². The highest BCUT2D eigenvalue weighted by molar-refractivity contribution is 5.94.